The molecule has 0 aromatic carbocycles. The van der Waals surface area contributed by atoms with Crippen molar-refractivity contribution in [2.75, 3.05) is 14.2 Å². The molecule has 2 rings (SSSR count). The zero-order valence-corrected chi connectivity index (χ0v) is 13.0. The first-order valence-electron chi connectivity index (χ1n) is 7.20. The first kappa shape index (κ1) is 16.7. The summed E-state index contributed by atoms with van der Waals surface area (Å²) in [6, 6.07) is 1.97. The number of nitrogens with one attached hydrogen (secondary N) is 2. The Labute approximate surface area is 133 Å². The molecule has 2 atom stereocenters. The summed E-state index contributed by atoms with van der Waals surface area (Å²) >= 11 is 0. The van der Waals surface area contributed by atoms with Gasteiger partial charge in [-0.25, -0.2) is 9.78 Å². The average Bonchev–Trinajstić information content (AvgIpc) is 3.00. The Morgan fingerprint density at radius 2 is 2.22 bits per heavy atom. The molecule has 1 fully saturated rings. The van der Waals surface area contributed by atoms with Crippen molar-refractivity contribution in [3.63, 3.8) is 0 Å². The summed E-state index contributed by atoms with van der Waals surface area (Å²) < 4.78 is 9.70. The van der Waals surface area contributed by atoms with Crippen LogP contribution in [0.2, 0.25) is 0 Å². The standard InChI is InChI=1S/C15H19N3O5/c1-22-13-6-3-9(8-16-13)7-11(15(21)23-2)18-14(20)10-4-5-12(19)17-10/h3,6,8,10-11H,4-5,7H2,1-2H3,(H,17,19)(H,18,20)/t10-,11-/m0/s1. The summed E-state index contributed by atoms with van der Waals surface area (Å²) in [4.78, 5) is 39.3. The summed E-state index contributed by atoms with van der Waals surface area (Å²) in [7, 11) is 2.76. The molecule has 8 nitrogen and oxygen atoms in total. The maximum Gasteiger partial charge on any atom is 0.328 e. The van der Waals surface area contributed by atoms with Crippen LogP contribution in [0.4, 0.5) is 0 Å². The van der Waals surface area contributed by atoms with Crippen molar-refractivity contribution in [3.8, 4) is 5.88 Å². The monoisotopic (exact) mass is 321 g/mol. The van der Waals surface area contributed by atoms with E-state index in [4.69, 9.17) is 9.47 Å². The van der Waals surface area contributed by atoms with E-state index in [1.807, 2.05) is 0 Å². The van der Waals surface area contributed by atoms with Gasteiger partial charge >= 0.3 is 5.97 Å². The first-order valence-corrected chi connectivity index (χ1v) is 7.20. The van der Waals surface area contributed by atoms with Crippen molar-refractivity contribution < 1.29 is 23.9 Å². The van der Waals surface area contributed by atoms with Crippen LogP contribution in [0.1, 0.15) is 18.4 Å². The van der Waals surface area contributed by atoms with Crippen LogP contribution >= 0.6 is 0 Å². The minimum absolute atomic E-state index is 0.167. The largest absolute Gasteiger partial charge is 0.481 e. The second-order valence-electron chi connectivity index (χ2n) is 5.16. The lowest BCUT2D eigenvalue weighted by Crippen LogP contribution is -2.50. The molecule has 23 heavy (non-hydrogen) atoms. The molecule has 1 aromatic heterocycles. The van der Waals surface area contributed by atoms with E-state index in [0.717, 1.165) is 5.56 Å². The SMILES string of the molecule is COC(=O)[C@H](Cc1ccc(OC)nc1)NC(=O)[C@@H]1CCC(=O)N1. The van der Waals surface area contributed by atoms with E-state index >= 15 is 0 Å². The van der Waals surface area contributed by atoms with Crippen LogP contribution in [-0.4, -0.2) is 49.1 Å². The minimum atomic E-state index is -0.847. The van der Waals surface area contributed by atoms with Gasteiger partial charge in [0.05, 0.1) is 14.2 Å². The van der Waals surface area contributed by atoms with Gasteiger partial charge in [-0.1, -0.05) is 6.07 Å². The van der Waals surface area contributed by atoms with E-state index < -0.39 is 24.0 Å². The summed E-state index contributed by atoms with van der Waals surface area (Å²) in [5, 5.41) is 5.18. The molecule has 0 aliphatic carbocycles. The molecular weight excluding hydrogens is 302 g/mol. The minimum Gasteiger partial charge on any atom is -0.481 e. The van der Waals surface area contributed by atoms with Gasteiger partial charge in [0.1, 0.15) is 12.1 Å². The van der Waals surface area contributed by atoms with E-state index in [-0.39, 0.29) is 12.3 Å². The number of nitrogens with zero attached hydrogens (tertiary/aromatic N) is 1. The van der Waals surface area contributed by atoms with Crippen LogP contribution in [0, 0.1) is 0 Å². The van der Waals surface area contributed by atoms with Gasteiger partial charge in [-0.3, -0.25) is 9.59 Å². The zero-order chi connectivity index (χ0) is 16.8. The number of amides is 2. The van der Waals surface area contributed by atoms with Gasteiger partial charge in [0, 0.05) is 25.1 Å². The second kappa shape index (κ2) is 7.57. The molecule has 1 aliphatic rings. The molecule has 2 heterocycles. The molecule has 1 aromatic rings. The van der Waals surface area contributed by atoms with Crippen molar-refractivity contribution >= 4 is 17.8 Å². The molecular formula is C15H19N3O5. The highest BCUT2D eigenvalue weighted by molar-refractivity contribution is 5.93. The quantitative estimate of drug-likeness (QED) is 0.689. The van der Waals surface area contributed by atoms with Gasteiger partial charge in [-0.05, 0) is 12.0 Å². The van der Waals surface area contributed by atoms with Crippen molar-refractivity contribution in [2.24, 2.45) is 0 Å². The zero-order valence-electron chi connectivity index (χ0n) is 13.0. The van der Waals surface area contributed by atoms with Crippen LogP contribution in [0.25, 0.3) is 0 Å². The predicted molar refractivity (Wildman–Crippen MR) is 79.6 cm³/mol. The molecule has 124 valence electrons. The molecule has 8 heteroatoms. The normalized spacial score (nSPS) is 18.0. The number of aromatic nitrogens is 1. The van der Waals surface area contributed by atoms with Crippen LogP contribution in [0.15, 0.2) is 18.3 Å². The molecule has 0 unspecified atom stereocenters. The smallest absolute Gasteiger partial charge is 0.328 e. The van der Waals surface area contributed by atoms with Gasteiger partial charge in [-0.2, -0.15) is 0 Å². The fourth-order valence-corrected chi connectivity index (χ4v) is 2.31. The van der Waals surface area contributed by atoms with Crippen molar-refractivity contribution in [1.29, 1.82) is 0 Å². The maximum absolute atomic E-state index is 12.1. The van der Waals surface area contributed by atoms with Crippen LogP contribution in [-0.2, 0) is 25.5 Å². The highest BCUT2D eigenvalue weighted by Crippen LogP contribution is 2.11. The van der Waals surface area contributed by atoms with Crippen molar-refractivity contribution in [1.82, 2.24) is 15.6 Å². The summed E-state index contributed by atoms with van der Waals surface area (Å²) in [6.07, 6.45) is 2.53. The molecule has 0 saturated carbocycles. The average molecular weight is 321 g/mol. The molecule has 2 amide bonds. The third kappa shape index (κ3) is 4.41. The molecule has 0 bridgehead atoms. The third-order valence-electron chi connectivity index (χ3n) is 3.56. The highest BCUT2D eigenvalue weighted by atomic mass is 16.5. The van der Waals surface area contributed by atoms with Gasteiger partial charge < -0.3 is 20.1 Å². The van der Waals surface area contributed by atoms with E-state index in [1.54, 1.807) is 18.3 Å². The Morgan fingerprint density at radius 1 is 1.43 bits per heavy atom. The van der Waals surface area contributed by atoms with Crippen molar-refractivity contribution in [3.05, 3.63) is 23.9 Å². The lowest BCUT2D eigenvalue weighted by molar-refractivity contribution is -0.145. The number of esters is 1. The fourth-order valence-electron chi connectivity index (χ4n) is 2.31. The van der Waals surface area contributed by atoms with Gasteiger partial charge in [0.15, 0.2) is 0 Å². The number of ether oxygens (including phenoxy) is 2. The van der Waals surface area contributed by atoms with E-state index in [0.29, 0.717) is 18.7 Å². The molecule has 1 saturated heterocycles. The lowest BCUT2D eigenvalue weighted by atomic mass is 10.1. The van der Waals surface area contributed by atoms with Crippen molar-refractivity contribution in [2.45, 2.75) is 31.3 Å². The number of rotatable bonds is 6. The summed E-state index contributed by atoms with van der Waals surface area (Å²) in [6.45, 7) is 0. The Kier molecular flexibility index (Phi) is 5.51. The summed E-state index contributed by atoms with van der Waals surface area (Å²) in [5.74, 6) is -0.661. The Morgan fingerprint density at radius 3 is 2.74 bits per heavy atom. The van der Waals surface area contributed by atoms with E-state index in [9.17, 15) is 14.4 Å². The molecule has 2 N–H and O–H groups in total. The Hall–Kier alpha value is -2.64. The van der Waals surface area contributed by atoms with Crippen LogP contribution < -0.4 is 15.4 Å². The summed E-state index contributed by atoms with van der Waals surface area (Å²) in [5.41, 5.74) is 0.747. The van der Waals surface area contributed by atoms with Crippen LogP contribution in [0.3, 0.4) is 0 Å². The first-order chi connectivity index (χ1) is 11.0. The van der Waals surface area contributed by atoms with E-state index in [1.165, 1.54) is 14.2 Å². The van der Waals surface area contributed by atoms with Gasteiger partial charge in [0.25, 0.3) is 0 Å². The van der Waals surface area contributed by atoms with Crippen LogP contribution in [0.5, 0.6) is 5.88 Å². The number of pyridine rings is 1. The maximum atomic E-state index is 12.1. The number of hydrogen-bond donors (Lipinski definition) is 2. The molecule has 0 radical (unpaired) electrons. The molecule has 1 aliphatic heterocycles. The predicted octanol–water partition coefficient (Wildman–Crippen LogP) is -0.431. The lowest BCUT2D eigenvalue weighted by Gasteiger charge is -2.19. The number of methoxy groups -OCH3 is 2. The van der Waals surface area contributed by atoms with Gasteiger partial charge in [-0.15, -0.1) is 0 Å². The highest BCUT2D eigenvalue weighted by Gasteiger charge is 2.30. The number of hydrogen-bond acceptors (Lipinski definition) is 6. The number of carbonyl (C=O) groups is 3. The fraction of sp³-hybridized carbons (Fsp3) is 0.467. The van der Waals surface area contributed by atoms with E-state index in [2.05, 4.69) is 15.6 Å². The number of carbonyl (C=O) groups excluding carboxylic acids is 3. The van der Waals surface area contributed by atoms with Gasteiger partial charge in [0.2, 0.25) is 17.7 Å². The second-order valence-corrected chi connectivity index (χ2v) is 5.16. The molecule has 0 spiro atoms. The Bertz CT molecular complexity index is 587. The third-order valence-corrected chi connectivity index (χ3v) is 3.56. The Balaban J connectivity index is 2.02. The topological polar surface area (TPSA) is 107 Å².